The summed E-state index contributed by atoms with van der Waals surface area (Å²) < 4.78 is 24.4. The van der Waals surface area contributed by atoms with Crippen LogP contribution in [-0.2, 0) is 14.3 Å². The smallest absolute Gasteiger partial charge is 0.337 e. The molecule has 194 valence electrons. The summed E-state index contributed by atoms with van der Waals surface area (Å²) in [6.45, 7) is 7.52. The first-order chi connectivity index (χ1) is 18.0. The molecule has 3 aliphatic heterocycles. The van der Waals surface area contributed by atoms with Crippen LogP contribution in [0.4, 0.5) is 0 Å². The number of likely N-dealkylation sites (tertiary alicyclic amines) is 1. The first-order valence-corrected chi connectivity index (χ1v) is 12.8. The lowest BCUT2D eigenvalue weighted by atomic mass is 9.94. The van der Waals surface area contributed by atoms with Gasteiger partial charge in [-0.25, -0.2) is 14.3 Å². The second kappa shape index (κ2) is 9.71. The Labute approximate surface area is 213 Å². The highest BCUT2D eigenvalue weighted by Crippen LogP contribution is 2.42. The summed E-state index contributed by atoms with van der Waals surface area (Å²) in [4.78, 5) is 27.1. The van der Waals surface area contributed by atoms with Gasteiger partial charge in [0, 0.05) is 37.3 Å². The number of esters is 2. The molecule has 11 heteroatoms. The summed E-state index contributed by atoms with van der Waals surface area (Å²) in [5, 5.41) is 13.8. The zero-order valence-corrected chi connectivity index (χ0v) is 20.9. The van der Waals surface area contributed by atoms with Crippen LogP contribution in [0.2, 0.25) is 0 Å². The molecule has 6 rings (SSSR count). The van der Waals surface area contributed by atoms with E-state index in [9.17, 15) is 9.59 Å². The summed E-state index contributed by atoms with van der Waals surface area (Å²) >= 11 is 0. The van der Waals surface area contributed by atoms with Crippen LogP contribution in [0, 0.1) is 0 Å². The zero-order chi connectivity index (χ0) is 25.5. The molecule has 0 saturated carbocycles. The molecule has 0 atom stereocenters. The molecule has 0 spiro atoms. The molecule has 3 aromatic rings. The minimum atomic E-state index is -0.689. The summed E-state index contributed by atoms with van der Waals surface area (Å²) in [7, 11) is 0. The third-order valence-corrected chi connectivity index (χ3v) is 7.28. The molecule has 0 amide bonds. The molecule has 3 aliphatic rings. The molecule has 2 fully saturated rings. The van der Waals surface area contributed by atoms with Crippen LogP contribution in [0.25, 0.3) is 22.4 Å². The van der Waals surface area contributed by atoms with E-state index < -0.39 is 11.9 Å². The fourth-order valence-electron chi connectivity index (χ4n) is 5.33. The fraction of sp³-hybridized carbons (Fsp3) is 0.500. The van der Waals surface area contributed by atoms with Crippen LogP contribution in [0.5, 0.6) is 11.6 Å². The normalized spacial score (nSPS) is 20.9. The zero-order valence-electron chi connectivity index (χ0n) is 20.9. The minimum Gasteiger partial charge on any atom is -0.422 e. The number of benzene rings is 1. The van der Waals surface area contributed by atoms with Crippen molar-refractivity contribution >= 4 is 22.8 Å². The average molecular weight is 508 g/mol. The van der Waals surface area contributed by atoms with Crippen molar-refractivity contribution in [2.75, 3.05) is 26.3 Å². The van der Waals surface area contributed by atoms with E-state index in [0.717, 1.165) is 64.1 Å². The number of piperidine rings is 1. The van der Waals surface area contributed by atoms with E-state index in [-0.39, 0.29) is 23.6 Å². The Morgan fingerprint density at radius 3 is 2.41 bits per heavy atom. The van der Waals surface area contributed by atoms with Crippen LogP contribution in [0.15, 0.2) is 28.7 Å². The molecule has 0 unspecified atom stereocenters. The van der Waals surface area contributed by atoms with Gasteiger partial charge in [-0.2, -0.15) is 5.10 Å². The Hall–Kier alpha value is -3.57. The minimum absolute atomic E-state index is 0.129. The Bertz CT molecular complexity index is 1360. The molecule has 2 saturated heterocycles. The summed E-state index contributed by atoms with van der Waals surface area (Å²) in [6.07, 6.45) is 6.17. The van der Waals surface area contributed by atoms with Crippen molar-refractivity contribution in [2.24, 2.45) is 0 Å². The van der Waals surface area contributed by atoms with Gasteiger partial charge in [0.15, 0.2) is 0 Å². The number of ether oxygens (including phenoxy) is 3. The number of aromatic nitrogens is 4. The van der Waals surface area contributed by atoms with Gasteiger partial charge in [0.05, 0.1) is 11.6 Å². The largest absolute Gasteiger partial charge is 0.422 e. The van der Waals surface area contributed by atoms with Crippen molar-refractivity contribution in [1.82, 2.24) is 24.9 Å². The molecule has 0 radical (unpaired) electrons. The van der Waals surface area contributed by atoms with Crippen molar-refractivity contribution in [2.45, 2.75) is 57.5 Å². The molecule has 0 bridgehead atoms. The number of rotatable bonds is 4. The maximum absolute atomic E-state index is 12.3. The highest BCUT2D eigenvalue weighted by molar-refractivity contribution is 6.04. The van der Waals surface area contributed by atoms with Gasteiger partial charge in [-0.3, -0.25) is 0 Å². The third kappa shape index (κ3) is 4.53. The van der Waals surface area contributed by atoms with E-state index in [2.05, 4.69) is 15.1 Å². The van der Waals surface area contributed by atoms with Crippen LogP contribution >= 0.6 is 0 Å². The van der Waals surface area contributed by atoms with Crippen molar-refractivity contribution < 1.29 is 28.2 Å². The lowest BCUT2D eigenvalue weighted by Crippen LogP contribution is -2.43. The molecule has 5 heterocycles. The SMILES string of the molecule is CC(C)n1nc2c(-c3nnc(C4CCN(C5CCOCC5)CC4)o3)ccc3c2c1OC(=O)/C=C/C(=O)O3. The Morgan fingerprint density at radius 2 is 1.68 bits per heavy atom. The standard InChI is InChI=1S/C26H29N5O6/c1-15(2)31-26-22-19(35-20(32)5-6-21(33)36-26)4-3-18(23(22)29-31)25-28-27-24(37-25)16-7-11-30(12-8-16)17-9-13-34-14-10-17/h3-6,15-17H,7-14H2,1-2H3/b6-5+. The summed E-state index contributed by atoms with van der Waals surface area (Å²) in [6, 6.07) is 3.84. The second-order valence-electron chi connectivity index (χ2n) is 9.95. The van der Waals surface area contributed by atoms with E-state index in [1.807, 2.05) is 13.8 Å². The molecule has 0 aliphatic carbocycles. The number of nitrogens with zero attached hydrogens (tertiary/aromatic N) is 5. The quantitative estimate of drug-likeness (QED) is 0.383. The van der Waals surface area contributed by atoms with Crippen LogP contribution < -0.4 is 9.47 Å². The number of hydrogen-bond donors (Lipinski definition) is 0. The molecule has 2 aromatic heterocycles. The monoisotopic (exact) mass is 507 g/mol. The van der Waals surface area contributed by atoms with Gasteiger partial charge in [-0.1, -0.05) is 0 Å². The lowest BCUT2D eigenvalue weighted by molar-refractivity contribution is -0.131. The first-order valence-electron chi connectivity index (χ1n) is 12.8. The number of hydrogen-bond acceptors (Lipinski definition) is 10. The van der Waals surface area contributed by atoms with E-state index >= 15 is 0 Å². The molecule has 0 N–H and O–H groups in total. The van der Waals surface area contributed by atoms with Gasteiger partial charge in [0.1, 0.15) is 16.7 Å². The first kappa shape index (κ1) is 23.8. The summed E-state index contributed by atoms with van der Waals surface area (Å²) in [5.41, 5.74) is 1.03. The van der Waals surface area contributed by atoms with Crippen LogP contribution in [-0.4, -0.2) is 69.2 Å². The molecule has 1 aromatic carbocycles. The van der Waals surface area contributed by atoms with Gasteiger partial charge < -0.3 is 23.5 Å². The van der Waals surface area contributed by atoms with E-state index in [0.29, 0.717) is 34.3 Å². The Balaban J connectivity index is 1.31. The molecule has 37 heavy (non-hydrogen) atoms. The number of carbonyl (C=O) groups excluding carboxylic acids is 2. The van der Waals surface area contributed by atoms with Gasteiger partial charge in [0.25, 0.3) is 0 Å². The maximum atomic E-state index is 12.3. The van der Waals surface area contributed by atoms with Crippen molar-refractivity contribution in [1.29, 1.82) is 0 Å². The molecular formula is C26H29N5O6. The highest BCUT2D eigenvalue weighted by Gasteiger charge is 2.31. The van der Waals surface area contributed by atoms with Gasteiger partial charge in [-0.05, 0) is 64.8 Å². The van der Waals surface area contributed by atoms with Crippen LogP contribution in [0.1, 0.15) is 57.4 Å². The Morgan fingerprint density at radius 1 is 0.946 bits per heavy atom. The highest BCUT2D eigenvalue weighted by atomic mass is 16.6. The molecule has 11 nitrogen and oxygen atoms in total. The summed E-state index contributed by atoms with van der Waals surface area (Å²) in [5.74, 6) is 0.204. The van der Waals surface area contributed by atoms with Crippen LogP contribution in [0.3, 0.4) is 0 Å². The van der Waals surface area contributed by atoms with Crippen molar-refractivity contribution in [3.8, 4) is 23.1 Å². The Kier molecular flexibility index (Phi) is 6.25. The van der Waals surface area contributed by atoms with Gasteiger partial charge >= 0.3 is 11.9 Å². The van der Waals surface area contributed by atoms with E-state index in [1.165, 1.54) is 0 Å². The average Bonchev–Trinajstić information content (AvgIpc) is 3.55. The fourth-order valence-corrected chi connectivity index (χ4v) is 5.33. The predicted octanol–water partition coefficient (Wildman–Crippen LogP) is 3.41. The van der Waals surface area contributed by atoms with Gasteiger partial charge in [-0.15, -0.1) is 10.2 Å². The maximum Gasteiger partial charge on any atom is 0.337 e. The van der Waals surface area contributed by atoms with Crippen molar-refractivity contribution in [3.63, 3.8) is 0 Å². The van der Waals surface area contributed by atoms with Crippen molar-refractivity contribution in [3.05, 3.63) is 30.2 Å². The van der Waals surface area contributed by atoms with E-state index in [1.54, 1.807) is 16.8 Å². The topological polar surface area (TPSA) is 122 Å². The van der Waals surface area contributed by atoms with E-state index in [4.69, 9.17) is 23.7 Å². The second-order valence-corrected chi connectivity index (χ2v) is 9.95. The predicted molar refractivity (Wildman–Crippen MR) is 131 cm³/mol. The lowest BCUT2D eigenvalue weighted by Gasteiger charge is -2.38. The van der Waals surface area contributed by atoms with Gasteiger partial charge in [0.2, 0.25) is 17.7 Å². The number of carbonyl (C=O) groups is 2. The third-order valence-electron chi connectivity index (χ3n) is 7.28. The molecular weight excluding hydrogens is 478 g/mol.